The number of hydrogen-bond acceptors (Lipinski definition) is 7. The zero-order chi connectivity index (χ0) is 27.8. The number of alkyl halides is 3. The fraction of sp³-hybridized carbons (Fsp3) is 0.370. The lowest BCUT2D eigenvalue weighted by Gasteiger charge is -2.50. The van der Waals surface area contributed by atoms with Crippen LogP contribution < -0.4 is 4.74 Å². The van der Waals surface area contributed by atoms with E-state index in [0.29, 0.717) is 40.5 Å². The van der Waals surface area contributed by atoms with E-state index in [1.54, 1.807) is 47.4 Å². The second-order valence-electron chi connectivity index (χ2n) is 10.7. The van der Waals surface area contributed by atoms with Crippen LogP contribution >= 0.6 is 0 Å². The minimum Gasteiger partial charge on any atom is -0.468 e. The van der Waals surface area contributed by atoms with E-state index in [0.717, 1.165) is 0 Å². The minimum absolute atomic E-state index is 0.0257. The van der Waals surface area contributed by atoms with Crippen LogP contribution in [0.3, 0.4) is 0 Å². The molecule has 2 saturated heterocycles. The summed E-state index contributed by atoms with van der Waals surface area (Å²) >= 11 is 0. The number of H-pyrrole nitrogens is 1. The van der Waals surface area contributed by atoms with Crippen LogP contribution in [-0.4, -0.2) is 91.7 Å². The summed E-state index contributed by atoms with van der Waals surface area (Å²) in [5.41, 5.74) is 0.532. The van der Waals surface area contributed by atoms with Gasteiger partial charge in [0.2, 0.25) is 5.88 Å². The maximum Gasteiger partial charge on any atom is 0.422 e. The first-order valence-corrected chi connectivity index (χ1v) is 12.8. The molecule has 2 aromatic heterocycles. The fourth-order valence-corrected chi connectivity index (χ4v) is 6.60. The molecule has 206 valence electrons. The van der Waals surface area contributed by atoms with Crippen LogP contribution in [-0.2, 0) is 0 Å². The molecule has 40 heavy (non-hydrogen) atoms. The van der Waals surface area contributed by atoms with Crippen LogP contribution in [0.5, 0.6) is 5.88 Å². The van der Waals surface area contributed by atoms with E-state index >= 15 is 0 Å². The number of carbonyl (C=O) groups is 2. The standard InChI is InChI=1S/C27H23F3N6O4/c28-27(29,30)13-40-23-16-4-2-1-3-14(16)7-22(31-23)25(38)36-11-19-17-9-35(10-18(17)26(19,39)12-36)24(37)15-5-6-20-21(8-15)33-34-32-20/h1-8,17-19,39H,9-13H2,(H,32,33,34)/t17-,18+,19?,26?/m0/s1. The van der Waals surface area contributed by atoms with E-state index in [9.17, 15) is 27.9 Å². The van der Waals surface area contributed by atoms with Gasteiger partial charge in [0.25, 0.3) is 11.8 Å². The van der Waals surface area contributed by atoms with Crippen molar-refractivity contribution in [2.75, 3.05) is 32.8 Å². The predicted octanol–water partition coefficient (Wildman–Crippen LogP) is 2.65. The smallest absolute Gasteiger partial charge is 0.422 e. The molecule has 1 saturated carbocycles. The highest BCUT2D eigenvalue weighted by Gasteiger charge is 2.68. The normalized spacial score (nSPS) is 25.6. The van der Waals surface area contributed by atoms with Crippen LogP contribution in [0.25, 0.3) is 21.8 Å². The number of aromatic nitrogens is 4. The zero-order valence-electron chi connectivity index (χ0n) is 20.9. The van der Waals surface area contributed by atoms with Crippen LogP contribution in [0, 0.1) is 17.8 Å². The van der Waals surface area contributed by atoms with Crippen LogP contribution in [0.15, 0.2) is 48.5 Å². The number of nitrogens with one attached hydrogen (secondary N) is 1. The summed E-state index contributed by atoms with van der Waals surface area (Å²) in [7, 11) is 0. The molecule has 0 spiro atoms. The first-order chi connectivity index (χ1) is 19.1. The molecule has 0 radical (unpaired) electrons. The van der Waals surface area contributed by atoms with Crippen molar-refractivity contribution < 1.29 is 32.6 Å². The summed E-state index contributed by atoms with van der Waals surface area (Å²) < 4.78 is 43.4. The van der Waals surface area contributed by atoms with Gasteiger partial charge in [-0.3, -0.25) is 9.59 Å². The summed E-state index contributed by atoms with van der Waals surface area (Å²) in [6.45, 7) is -0.398. The number of halogens is 3. The first-order valence-electron chi connectivity index (χ1n) is 12.8. The first kappa shape index (κ1) is 24.8. The van der Waals surface area contributed by atoms with Crippen molar-refractivity contribution in [3.63, 3.8) is 0 Å². The van der Waals surface area contributed by atoms with E-state index in [2.05, 4.69) is 20.4 Å². The number of carbonyl (C=O) groups excluding carboxylic acids is 2. The minimum atomic E-state index is -4.56. The Balaban J connectivity index is 1.08. The van der Waals surface area contributed by atoms with Crippen molar-refractivity contribution in [3.05, 3.63) is 59.8 Å². The second-order valence-corrected chi connectivity index (χ2v) is 10.7. The molecule has 2 aliphatic heterocycles. The quantitative estimate of drug-likeness (QED) is 0.399. The highest BCUT2D eigenvalue weighted by molar-refractivity contribution is 5.99. The Morgan fingerprint density at radius 1 is 1.00 bits per heavy atom. The monoisotopic (exact) mass is 552 g/mol. The van der Waals surface area contributed by atoms with Gasteiger partial charge in [0, 0.05) is 42.4 Å². The highest BCUT2D eigenvalue weighted by Crippen LogP contribution is 2.57. The van der Waals surface area contributed by atoms with Crippen molar-refractivity contribution >= 4 is 33.6 Å². The number of pyridine rings is 1. The Kier molecular flexibility index (Phi) is 5.33. The number of fused-ring (bicyclic) bond motifs is 6. The lowest BCUT2D eigenvalue weighted by atomic mass is 9.56. The van der Waals surface area contributed by atoms with Gasteiger partial charge in [0.1, 0.15) is 16.7 Å². The molecule has 3 aliphatic rings. The molecule has 4 aromatic rings. The van der Waals surface area contributed by atoms with E-state index in [4.69, 9.17) is 4.74 Å². The topological polar surface area (TPSA) is 125 Å². The van der Waals surface area contributed by atoms with Crippen molar-refractivity contribution in [2.24, 2.45) is 17.8 Å². The Morgan fingerprint density at radius 2 is 1.75 bits per heavy atom. The number of nitrogens with zero attached hydrogens (tertiary/aromatic N) is 5. The van der Waals surface area contributed by atoms with Crippen LogP contribution in [0.2, 0.25) is 0 Å². The van der Waals surface area contributed by atoms with E-state index in [-0.39, 0.29) is 48.3 Å². The van der Waals surface area contributed by atoms with E-state index in [1.165, 1.54) is 11.0 Å². The van der Waals surface area contributed by atoms with E-state index in [1.807, 2.05) is 0 Å². The SMILES string of the molecule is O=C(c1ccc2n[nH]nc2c1)N1C[C@@H]2C3CN(C(=O)c4cc5ccccc5c(OCC(F)(F)F)n4)CC3(O)[C@@H]2C1. The number of aromatic amines is 1. The number of aliphatic hydroxyl groups is 1. The van der Waals surface area contributed by atoms with Crippen molar-refractivity contribution in [1.29, 1.82) is 0 Å². The molecule has 1 aliphatic carbocycles. The van der Waals surface area contributed by atoms with Crippen LogP contribution in [0.4, 0.5) is 13.2 Å². The summed E-state index contributed by atoms with van der Waals surface area (Å²) in [5.74, 6) is -1.30. The molecule has 7 rings (SSSR count). The third-order valence-corrected chi connectivity index (χ3v) is 8.46. The molecule has 2 aromatic carbocycles. The number of β-amino-alcohol motifs (C(OH)–C–C–N with tert-alkyl or cyclic N) is 1. The van der Waals surface area contributed by atoms with Gasteiger partial charge in [0.05, 0.1) is 12.1 Å². The number of hydrogen-bond donors (Lipinski definition) is 2. The largest absolute Gasteiger partial charge is 0.468 e. The van der Waals surface area contributed by atoms with Gasteiger partial charge < -0.3 is 19.6 Å². The Bertz CT molecular complexity index is 1680. The van der Waals surface area contributed by atoms with Crippen molar-refractivity contribution in [3.8, 4) is 5.88 Å². The molecule has 4 atom stereocenters. The van der Waals surface area contributed by atoms with Crippen LogP contribution in [0.1, 0.15) is 20.8 Å². The number of amides is 2. The maximum absolute atomic E-state index is 13.5. The lowest BCUT2D eigenvalue weighted by molar-refractivity contribution is -0.153. The number of likely N-dealkylation sites (tertiary alicyclic amines) is 2. The molecule has 0 bridgehead atoms. The molecule has 10 nitrogen and oxygen atoms in total. The Labute approximate surface area is 224 Å². The van der Waals surface area contributed by atoms with E-state index < -0.39 is 24.3 Å². The van der Waals surface area contributed by atoms with Crippen molar-refractivity contribution in [1.82, 2.24) is 30.2 Å². The second kappa shape index (κ2) is 8.62. The maximum atomic E-state index is 13.5. The van der Waals surface area contributed by atoms with Gasteiger partial charge >= 0.3 is 6.18 Å². The lowest BCUT2D eigenvalue weighted by Crippen LogP contribution is -2.61. The average Bonchev–Trinajstić information content (AvgIpc) is 3.65. The van der Waals surface area contributed by atoms with Gasteiger partial charge in [-0.15, -0.1) is 0 Å². The molecule has 2 amide bonds. The third-order valence-electron chi connectivity index (χ3n) is 8.46. The molecule has 4 heterocycles. The average molecular weight is 553 g/mol. The molecule has 13 heteroatoms. The molecule has 2 N–H and O–H groups in total. The molecular formula is C27H23F3N6O4. The van der Waals surface area contributed by atoms with Gasteiger partial charge in [-0.05, 0) is 41.6 Å². The molecule has 2 unspecified atom stereocenters. The summed E-state index contributed by atoms with van der Waals surface area (Å²) in [6.07, 6.45) is -4.56. The molecule has 3 fully saturated rings. The number of ether oxygens (including phenoxy) is 1. The zero-order valence-corrected chi connectivity index (χ0v) is 20.9. The van der Waals surface area contributed by atoms with Crippen molar-refractivity contribution in [2.45, 2.75) is 11.8 Å². The Morgan fingerprint density at radius 3 is 2.55 bits per heavy atom. The molecular weight excluding hydrogens is 529 g/mol. The summed E-state index contributed by atoms with van der Waals surface area (Å²) in [5, 5.41) is 23.0. The fourth-order valence-electron chi connectivity index (χ4n) is 6.60. The predicted molar refractivity (Wildman–Crippen MR) is 134 cm³/mol. The van der Waals surface area contributed by atoms with Gasteiger partial charge in [-0.1, -0.05) is 18.2 Å². The number of rotatable bonds is 4. The highest BCUT2D eigenvalue weighted by atomic mass is 19.4. The summed E-state index contributed by atoms with van der Waals surface area (Å²) in [6, 6.07) is 13.2. The van der Waals surface area contributed by atoms with Gasteiger partial charge in [0.15, 0.2) is 6.61 Å². The van der Waals surface area contributed by atoms with Gasteiger partial charge in [-0.25, -0.2) is 4.98 Å². The third kappa shape index (κ3) is 3.86. The van der Waals surface area contributed by atoms with Gasteiger partial charge in [-0.2, -0.15) is 28.6 Å². The number of benzene rings is 2. The summed E-state index contributed by atoms with van der Waals surface area (Å²) in [4.78, 5) is 34.0. The Hall–Kier alpha value is -4.26.